The third-order valence-corrected chi connectivity index (χ3v) is 5.08. The Morgan fingerprint density at radius 1 is 1.00 bits per heavy atom. The van der Waals surface area contributed by atoms with Crippen LogP contribution in [0.5, 0.6) is 0 Å². The Kier molecular flexibility index (Phi) is 5.13. The van der Waals surface area contributed by atoms with E-state index in [2.05, 4.69) is 5.32 Å². The van der Waals surface area contributed by atoms with Gasteiger partial charge in [0.15, 0.2) is 0 Å². The fraction of sp³-hybridized carbons (Fsp3) is 0.130. The number of nitrogens with one attached hydrogen (secondary N) is 1. The van der Waals surface area contributed by atoms with Gasteiger partial charge in [-0.15, -0.1) is 0 Å². The molecule has 1 aliphatic rings. The molecule has 2 amide bonds. The summed E-state index contributed by atoms with van der Waals surface area (Å²) >= 11 is 6.26. The lowest BCUT2D eigenvalue weighted by molar-refractivity contribution is -0.135. The highest BCUT2D eigenvalue weighted by Crippen LogP contribution is 2.37. The van der Waals surface area contributed by atoms with E-state index in [0.29, 0.717) is 10.7 Å². The SMILES string of the molecule is O=C1CN(C(=O)Cc2ccccc2)C(c2ccccc2)c2cc(Cl)ccc2N1. The number of carbonyl (C=O) groups is 2. The number of halogens is 1. The van der Waals surface area contributed by atoms with Gasteiger partial charge < -0.3 is 10.2 Å². The molecule has 0 radical (unpaired) electrons. The zero-order valence-electron chi connectivity index (χ0n) is 15.1. The van der Waals surface area contributed by atoms with Crippen LogP contribution in [0.15, 0.2) is 78.9 Å². The Labute approximate surface area is 168 Å². The third kappa shape index (κ3) is 3.78. The quantitative estimate of drug-likeness (QED) is 0.718. The van der Waals surface area contributed by atoms with Crippen molar-refractivity contribution in [2.24, 2.45) is 0 Å². The normalized spacial score (nSPS) is 16.1. The molecule has 140 valence electrons. The van der Waals surface area contributed by atoms with E-state index in [0.717, 1.165) is 16.7 Å². The van der Waals surface area contributed by atoms with E-state index < -0.39 is 6.04 Å². The van der Waals surface area contributed by atoms with Gasteiger partial charge in [0, 0.05) is 16.3 Å². The molecular weight excluding hydrogens is 372 g/mol. The molecule has 0 aliphatic carbocycles. The van der Waals surface area contributed by atoms with Crippen LogP contribution in [0.25, 0.3) is 0 Å². The number of anilines is 1. The first-order valence-corrected chi connectivity index (χ1v) is 9.47. The second-order valence-corrected chi connectivity index (χ2v) is 7.21. The first kappa shape index (κ1) is 18.3. The zero-order chi connectivity index (χ0) is 19.5. The predicted octanol–water partition coefficient (Wildman–Crippen LogP) is 4.45. The minimum Gasteiger partial charge on any atom is -0.324 e. The van der Waals surface area contributed by atoms with Crippen LogP contribution in [0, 0.1) is 0 Å². The van der Waals surface area contributed by atoms with E-state index in [1.54, 1.807) is 17.0 Å². The summed E-state index contributed by atoms with van der Waals surface area (Å²) in [6, 6.07) is 24.2. The molecule has 0 saturated heterocycles. The molecule has 0 spiro atoms. The van der Waals surface area contributed by atoms with E-state index in [9.17, 15) is 9.59 Å². The van der Waals surface area contributed by atoms with E-state index in [1.165, 1.54) is 0 Å². The monoisotopic (exact) mass is 390 g/mol. The van der Waals surface area contributed by atoms with Crippen LogP contribution >= 0.6 is 11.6 Å². The van der Waals surface area contributed by atoms with Crippen molar-refractivity contribution in [2.75, 3.05) is 11.9 Å². The van der Waals surface area contributed by atoms with Gasteiger partial charge >= 0.3 is 0 Å². The number of benzene rings is 3. The van der Waals surface area contributed by atoms with Gasteiger partial charge in [0.1, 0.15) is 6.54 Å². The lowest BCUT2D eigenvalue weighted by Gasteiger charge is -2.30. The smallest absolute Gasteiger partial charge is 0.244 e. The Bertz CT molecular complexity index is 1010. The largest absolute Gasteiger partial charge is 0.324 e. The molecule has 28 heavy (non-hydrogen) atoms. The summed E-state index contributed by atoms with van der Waals surface area (Å²) in [4.78, 5) is 27.4. The van der Waals surface area contributed by atoms with Gasteiger partial charge in [-0.3, -0.25) is 9.59 Å². The Morgan fingerprint density at radius 2 is 1.68 bits per heavy atom. The number of nitrogens with zero attached hydrogens (tertiary/aromatic N) is 1. The standard InChI is InChI=1S/C23H19ClN2O2/c24-18-11-12-20-19(14-18)23(17-9-5-2-6-10-17)26(15-21(27)25-20)22(28)13-16-7-3-1-4-8-16/h1-12,14,23H,13,15H2,(H,25,27). The van der Waals surface area contributed by atoms with Crippen molar-refractivity contribution in [2.45, 2.75) is 12.5 Å². The van der Waals surface area contributed by atoms with Crippen molar-refractivity contribution in [3.63, 3.8) is 0 Å². The molecule has 0 aromatic heterocycles. The van der Waals surface area contributed by atoms with Crippen molar-refractivity contribution in [3.8, 4) is 0 Å². The fourth-order valence-electron chi connectivity index (χ4n) is 3.58. The molecule has 1 N–H and O–H groups in total. The topological polar surface area (TPSA) is 49.4 Å². The van der Waals surface area contributed by atoms with Crippen LogP contribution in [-0.2, 0) is 16.0 Å². The second-order valence-electron chi connectivity index (χ2n) is 6.78. The molecule has 1 heterocycles. The molecule has 3 aromatic rings. The predicted molar refractivity (Wildman–Crippen MR) is 110 cm³/mol. The molecule has 4 rings (SSSR count). The van der Waals surface area contributed by atoms with Gasteiger partial charge in [-0.2, -0.15) is 0 Å². The number of carbonyl (C=O) groups excluding carboxylic acids is 2. The lowest BCUT2D eigenvalue weighted by Crippen LogP contribution is -2.39. The van der Waals surface area contributed by atoms with Gasteiger partial charge in [0.05, 0.1) is 12.5 Å². The number of hydrogen-bond donors (Lipinski definition) is 1. The van der Waals surface area contributed by atoms with Crippen LogP contribution in [0.4, 0.5) is 5.69 Å². The van der Waals surface area contributed by atoms with Gasteiger partial charge in [-0.1, -0.05) is 72.3 Å². The van der Waals surface area contributed by atoms with Crippen molar-refractivity contribution >= 4 is 29.1 Å². The number of amides is 2. The summed E-state index contributed by atoms with van der Waals surface area (Å²) in [5, 5.41) is 3.47. The lowest BCUT2D eigenvalue weighted by atomic mass is 9.95. The summed E-state index contributed by atoms with van der Waals surface area (Å²) in [6.07, 6.45) is 0.230. The van der Waals surface area contributed by atoms with Gasteiger partial charge in [0.25, 0.3) is 0 Å². The summed E-state index contributed by atoms with van der Waals surface area (Å²) in [5.74, 6) is -0.327. The second kappa shape index (κ2) is 7.87. The summed E-state index contributed by atoms with van der Waals surface area (Å²) in [5.41, 5.74) is 3.34. The maximum Gasteiger partial charge on any atom is 0.244 e. The molecule has 4 nitrogen and oxygen atoms in total. The van der Waals surface area contributed by atoms with Crippen molar-refractivity contribution in [1.29, 1.82) is 0 Å². The summed E-state index contributed by atoms with van der Waals surface area (Å²) in [7, 11) is 0. The van der Waals surface area contributed by atoms with Gasteiger partial charge in [-0.05, 0) is 29.3 Å². The van der Waals surface area contributed by atoms with Gasteiger partial charge in [0.2, 0.25) is 11.8 Å². The molecule has 1 aliphatic heterocycles. The molecule has 0 bridgehead atoms. The summed E-state index contributed by atoms with van der Waals surface area (Å²) in [6.45, 7) is -0.0163. The van der Waals surface area contributed by atoms with Crippen molar-refractivity contribution in [1.82, 2.24) is 4.90 Å². The molecule has 1 unspecified atom stereocenters. The van der Waals surface area contributed by atoms with Crippen LogP contribution in [0.1, 0.15) is 22.7 Å². The van der Waals surface area contributed by atoms with Crippen LogP contribution in [0.3, 0.4) is 0 Å². The average Bonchev–Trinajstić information content (AvgIpc) is 2.85. The number of fused-ring (bicyclic) bond motifs is 1. The minimum atomic E-state index is -0.398. The van der Waals surface area contributed by atoms with Crippen molar-refractivity contribution < 1.29 is 9.59 Å². The van der Waals surface area contributed by atoms with Crippen LogP contribution in [0.2, 0.25) is 5.02 Å². The van der Waals surface area contributed by atoms with Crippen LogP contribution in [-0.4, -0.2) is 23.3 Å². The van der Waals surface area contributed by atoms with E-state index in [-0.39, 0.29) is 24.8 Å². The maximum atomic E-state index is 13.3. The molecule has 0 fully saturated rings. The average molecular weight is 391 g/mol. The summed E-state index contributed by atoms with van der Waals surface area (Å²) < 4.78 is 0. The highest BCUT2D eigenvalue weighted by atomic mass is 35.5. The molecule has 3 aromatic carbocycles. The molecular formula is C23H19ClN2O2. The molecule has 1 atom stereocenters. The van der Waals surface area contributed by atoms with Crippen LogP contribution < -0.4 is 5.32 Å². The van der Waals surface area contributed by atoms with E-state index >= 15 is 0 Å². The van der Waals surface area contributed by atoms with Crippen molar-refractivity contribution in [3.05, 3.63) is 101 Å². The fourth-order valence-corrected chi connectivity index (χ4v) is 3.76. The highest BCUT2D eigenvalue weighted by Gasteiger charge is 2.33. The third-order valence-electron chi connectivity index (χ3n) is 4.84. The number of rotatable bonds is 3. The first-order valence-electron chi connectivity index (χ1n) is 9.09. The highest BCUT2D eigenvalue weighted by molar-refractivity contribution is 6.30. The molecule has 0 saturated carbocycles. The Balaban J connectivity index is 1.80. The van der Waals surface area contributed by atoms with E-state index in [4.69, 9.17) is 11.6 Å². The zero-order valence-corrected chi connectivity index (χ0v) is 15.9. The Hall–Kier alpha value is -3.11. The number of hydrogen-bond acceptors (Lipinski definition) is 2. The van der Waals surface area contributed by atoms with Gasteiger partial charge in [-0.25, -0.2) is 0 Å². The van der Waals surface area contributed by atoms with E-state index in [1.807, 2.05) is 66.7 Å². The minimum absolute atomic E-state index is 0.0163. The molecule has 5 heteroatoms. The maximum absolute atomic E-state index is 13.3. The Morgan fingerprint density at radius 3 is 2.39 bits per heavy atom. The first-order chi connectivity index (χ1) is 13.6.